The molecule has 4 rings (SSSR count). The lowest BCUT2D eigenvalue weighted by atomic mass is 10.0. The zero-order valence-corrected chi connectivity index (χ0v) is 10.7. The van der Waals surface area contributed by atoms with Crippen LogP contribution in [-0.2, 0) is 13.0 Å². The lowest BCUT2D eigenvalue weighted by molar-refractivity contribution is 0.641. The van der Waals surface area contributed by atoms with Gasteiger partial charge >= 0.3 is 0 Å². The molecule has 94 valence electrons. The Kier molecular flexibility index (Phi) is 2.42. The second kappa shape index (κ2) is 4.25. The lowest BCUT2D eigenvalue weighted by Crippen LogP contribution is -2.22. The molecule has 2 aromatic carbocycles. The fraction of sp³-hybridized carbons (Fsp3) is 0.176. The van der Waals surface area contributed by atoms with E-state index in [2.05, 4.69) is 58.8 Å². The van der Waals surface area contributed by atoms with Gasteiger partial charge in [0.25, 0.3) is 0 Å². The number of rotatable bonds is 1. The highest BCUT2D eigenvalue weighted by Gasteiger charge is 2.15. The van der Waals surface area contributed by atoms with Crippen molar-refractivity contribution in [2.24, 2.45) is 0 Å². The van der Waals surface area contributed by atoms with Crippen LogP contribution in [0, 0.1) is 0 Å². The minimum atomic E-state index is 0.980. The van der Waals surface area contributed by atoms with Crippen molar-refractivity contribution in [3.63, 3.8) is 0 Å². The molecular formula is C17H16N2. The predicted molar refractivity (Wildman–Crippen MR) is 79.1 cm³/mol. The Bertz CT molecular complexity index is 726. The van der Waals surface area contributed by atoms with E-state index in [9.17, 15) is 0 Å². The van der Waals surface area contributed by atoms with Gasteiger partial charge in [0.05, 0.1) is 0 Å². The second-order valence-corrected chi connectivity index (χ2v) is 5.14. The summed E-state index contributed by atoms with van der Waals surface area (Å²) in [6.45, 7) is 2.05. The largest absolute Gasteiger partial charge is 0.358 e. The molecule has 3 aromatic rings. The molecular weight excluding hydrogens is 232 g/mol. The van der Waals surface area contributed by atoms with E-state index in [1.165, 1.54) is 33.3 Å². The lowest BCUT2D eigenvalue weighted by Gasteiger charge is -2.12. The molecule has 0 saturated carbocycles. The highest BCUT2D eigenvalue weighted by molar-refractivity contribution is 5.89. The third-order valence-electron chi connectivity index (χ3n) is 3.96. The quantitative estimate of drug-likeness (QED) is 0.678. The summed E-state index contributed by atoms with van der Waals surface area (Å²) < 4.78 is 0. The molecule has 2 heterocycles. The van der Waals surface area contributed by atoms with E-state index in [0.717, 1.165) is 19.5 Å². The molecule has 0 amide bonds. The first-order valence-corrected chi connectivity index (χ1v) is 6.81. The normalized spacial score (nSPS) is 14.5. The number of benzene rings is 2. The molecule has 1 aliphatic heterocycles. The number of aromatic amines is 1. The predicted octanol–water partition coefficient (Wildman–Crippen LogP) is 3.48. The molecule has 0 saturated heterocycles. The van der Waals surface area contributed by atoms with Gasteiger partial charge in [0.1, 0.15) is 0 Å². The molecule has 1 aliphatic rings. The van der Waals surface area contributed by atoms with Crippen molar-refractivity contribution in [1.82, 2.24) is 10.3 Å². The molecule has 0 spiro atoms. The van der Waals surface area contributed by atoms with E-state index < -0.39 is 0 Å². The second-order valence-electron chi connectivity index (χ2n) is 5.14. The van der Waals surface area contributed by atoms with Crippen LogP contribution < -0.4 is 5.32 Å². The summed E-state index contributed by atoms with van der Waals surface area (Å²) in [4.78, 5) is 3.55. The van der Waals surface area contributed by atoms with Crippen molar-refractivity contribution in [3.05, 3.63) is 59.8 Å². The number of fused-ring (bicyclic) bond motifs is 3. The van der Waals surface area contributed by atoms with Crippen LogP contribution in [0.1, 0.15) is 11.3 Å². The summed E-state index contributed by atoms with van der Waals surface area (Å²) >= 11 is 0. The Morgan fingerprint density at radius 2 is 1.79 bits per heavy atom. The Labute approximate surface area is 112 Å². The van der Waals surface area contributed by atoms with Gasteiger partial charge in [-0.1, -0.05) is 36.4 Å². The summed E-state index contributed by atoms with van der Waals surface area (Å²) in [6, 6.07) is 17.3. The van der Waals surface area contributed by atoms with Gasteiger partial charge in [-0.3, -0.25) is 0 Å². The minimum absolute atomic E-state index is 0.980. The average molecular weight is 248 g/mol. The van der Waals surface area contributed by atoms with Crippen LogP contribution in [0.4, 0.5) is 0 Å². The zero-order valence-electron chi connectivity index (χ0n) is 10.7. The van der Waals surface area contributed by atoms with Crippen LogP contribution in [0.5, 0.6) is 0 Å². The van der Waals surface area contributed by atoms with Crippen molar-refractivity contribution in [3.8, 4) is 11.1 Å². The Balaban J connectivity index is 1.91. The van der Waals surface area contributed by atoms with Crippen molar-refractivity contribution >= 4 is 10.9 Å². The van der Waals surface area contributed by atoms with Crippen LogP contribution >= 0.6 is 0 Å². The van der Waals surface area contributed by atoms with Crippen molar-refractivity contribution < 1.29 is 0 Å². The molecule has 1 aromatic heterocycles. The van der Waals surface area contributed by atoms with E-state index >= 15 is 0 Å². The highest BCUT2D eigenvalue weighted by Crippen LogP contribution is 2.29. The maximum Gasteiger partial charge on any atom is 0.0459 e. The fourth-order valence-electron chi connectivity index (χ4n) is 2.96. The zero-order chi connectivity index (χ0) is 12.7. The molecule has 2 N–H and O–H groups in total. The Morgan fingerprint density at radius 3 is 2.68 bits per heavy atom. The van der Waals surface area contributed by atoms with Crippen LogP contribution in [0.3, 0.4) is 0 Å². The van der Waals surface area contributed by atoms with Gasteiger partial charge in [0.2, 0.25) is 0 Å². The third-order valence-corrected chi connectivity index (χ3v) is 3.96. The summed E-state index contributed by atoms with van der Waals surface area (Å²) in [6.07, 6.45) is 1.10. The van der Waals surface area contributed by atoms with Crippen LogP contribution in [-0.4, -0.2) is 11.5 Å². The first-order valence-electron chi connectivity index (χ1n) is 6.81. The Hall–Kier alpha value is -2.06. The first-order chi connectivity index (χ1) is 9.42. The van der Waals surface area contributed by atoms with E-state index in [1.807, 2.05) is 0 Å². The van der Waals surface area contributed by atoms with Crippen LogP contribution in [0.15, 0.2) is 48.5 Å². The molecule has 0 atom stereocenters. The summed E-state index contributed by atoms with van der Waals surface area (Å²) in [5.74, 6) is 0. The highest BCUT2D eigenvalue weighted by atomic mass is 14.9. The van der Waals surface area contributed by atoms with Gasteiger partial charge in [0, 0.05) is 36.1 Å². The minimum Gasteiger partial charge on any atom is -0.358 e. The van der Waals surface area contributed by atoms with Crippen molar-refractivity contribution in [2.45, 2.75) is 13.0 Å². The molecule has 0 fully saturated rings. The number of nitrogens with one attached hydrogen (secondary N) is 2. The summed E-state index contributed by atoms with van der Waals surface area (Å²) in [5, 5.41) is 4.82. The molecule has 19 heavy (non-hydrogen) atoms. The number of hydrogen-bond acceptors (Lipinski definition) is 1. The smallest absolute Gasteiger partial charge is 0.0459 e. The van der Waals surface area contributed by atoms with E-state index in [4.69, 9.17) is 0 Å². The van der Waals surface area contributed by atoms with Crippen LogP contribution in [0.25, 0.3) is 22.0 Å². The first kappa shape index (κ1) is 10.8. The van der Waals surface area contributed by atoms with Gasteiger partial charge < -0.3 is 10.3 Å². The van der Waals surface area contributed by atoms with Gasteiger partial charge in [-0.05, 0) is 28.8 Å². The van der Waals surface area contributed by atoms with E-state index in [-0.39, 0.29) is 0 Å². The monoisotopic (exact) mass is 248 g/mol. The topological polar surface area (TPSA) is 27.8 Å². The summed E-state index contributed by atoms with van der Waals surface area (Å²) in [5.41, 5.74) is 6.68. The SMILES string of the molecule is c1ccc(-c2ccc3[nH]c4c(c3c2)CNCC4)cc1. The third kappa shape index (κ3) is 1.76. The molecule has 0 radical (unpaired) electrons. The molecule has 0 aliphatic carbocycles. The number of aromatic nitrogens is 1. The van der Waals surface area contributed by atoms with Gasteiger partial charge in [0.15, 0.2) is 0 Å². The molecule has 2 heteroatoms. The van der Waals surface area contributed by atoms with Crippen molar-refractivity contribution in [1.29, 1.82) is 0 Å². The Morgan fingerprint density at radius 1 is 0.895 bits per heavy atom. The molecule has 2 nitrogen and oxygen atoms in total. The van der Waals surface area contributed by atoms with Crippen LogP contribution in [0.2, 0.25) is 0 Å². The maximum atomic E-state index is 3.55. The molecule has 0 unspecified atom stereocenters. The van der Waals surface area contributed by atoms with Gasteiger partial charge in [-0.15, -0.1) is 0 Å². The maximum absolute atomic E-state index is 3.55. The van der Waals surface area contributed by atoms with Gasteiger partial charge in [-0.25, -0.2) is 0 Å². The van der Waals surface area contributed by atoms with Gasteiger partial charge in [-0.2, -0.15) is 0 Å². The average Bonchev–Trinajstić information content (AvgIpc) is 2.86. The van der Waals surface area contributed by atoms with Crippen molar-refractivity contribution in [2.75, 3.05) is 6.54 Å². The summed E-state index contributed by atoms with van der Waals surface area (Å²) in [7, 11) is 0. The number of hydrogen-bond donors (Lipinski definition) is 2. The van der Waals surface area contributed by atoms with E-state index in [1.54, 1.807) is 0 Å². The fourth-order valence-corrected chi connectivity index (χ4v) is 2.96. The van der Waals surface area contributed by atoms with E-state index in [0.29, 0.717) is 0 Å². The molecule has 0 bridgehead atoms. The number of H-pyrrole nitrogens is 1. The standard InChI is InChI=1S/C17H16N2/c1-2-4-12(5-3-1)13-6-7-16-14(10-13)15-11-18-9-8-17(15)19-16/h1-7,10,18-19H,8-9,11H2.